The normalized spacial score (nSPS) is 16.4. The van der Waals surface area contributed by atoms with Gasteiger partial charge in [0.05, 0.1) is 17.8 Å². The van der Waals surface area contributed by atoms with Crippen molar-refractivity contribution in [3.05, 3.63) is 53.9 Å². The second-order valence-corrected chi connectivity index (χ2v) is 4.27. The minimum atomic E-state index is -0.169. The van der Waals surface area contributed by atoms with Crippen molar-refractivity contribution in [2.45, 2.75) is 12.5 Å². The number of nitrogens with two attached hydrogens (primary N) is 1. The van der Waals surface area contributed by atoms with Gasteiger partial charge >= 0.3 is 0 Å². The van der Waals surface area contributed by atoms with Crippen LogP contribution in [0.25, 0.3) is 10.9 Å². The van der Waals surface area contributed by atoms with Gasteiger partial charge in [0.1, 0.15) is 11.8 Å². The summed E-state index contributed by atoms with van der Waals surface area (Å²) in [4.78, 5) is 4.63. The third-order valence-electron chi connectivity index (χ3n) is 3.10. The van der Waals surface area contributed by atoms with Crippen LogP contribution < -0.4 is 11.3 Å². The molecule has 0 bridgehead atoms. The van der Waals surface area contributed by atoms with Gasteiger partial charge in [-0.15, -0.1) is 0 Å². The number of fused-ring (bicyclic) bond motifs is 1. The van der Waals surface area contributed by atoms with Crippen LogP contribution in [0, 0.1) is 0 Å². The van der Waals surface area contributed by atoms with Crippen LogP contribution in [0.5, 0.6) is 0 Å². The van der Waals surface area contributed by atoms with Gasteiger partial charge in [-0.1, -0.05) is 24.3 Å². The lowest BCUT2D eigenvalue weighted by Crippen LogP contribution is -2.30. The van der Waals surface area contributed by atoms with Gasteiger partial charge < -0.3 is 4.74 Å². The van der Waals surface area contributed by atoms with Crippen molar-refractivity contribution in [1.29, 1.82) is 0 Å². The molecule has 0 fully saturated rings. The first-order chi connectivity index (χ1) is 8.88. The quantitative estimate of drug-likeness (QED) is 0.637. The first-order valence-electron chi connectivity index (χ1n) is 6.03. The fourth-order valence-corrected chi connectivity index (χ4v) is 2.19. The number of ether oxygens (including phenoxy) is 1. The minimum absolute atomic E-state index is 0.169. The van der Waals surface area contributed by atoms with Gasteiger partial charge in [0.25, 0.3) is 0 Å². The van der Waals surface area contributed by atoms with E-state index in [1.807, 2.05) is 30.3 Å². The average molecular weight is 241 g/mol. The van der Waals surface area contributed by atoms with E-state index in [9.17, 15) is 0 Å². The van der Waals surface area contributed by atoms with Gasteiger partial charge in [0.15, 0.2) is 0 Å². The molecule has 18 heavy (non-hydrogen) atoms. The van der Waals surface area contributed by atoms with E-state index in [2.05, 4.69) is 22.6 Å². The van der Waals surface area contributed by atoms with Gasteiger partial charge in [0.2, 0.25) is 0 Å². The molecule has 1 aromatic carbocycles. The summed E-state index contributed by atoms with van der Waals surface area (Å²) in [6.45, 7) is 0.723. The van der Waals surface area contributed by atoms with Gasteiger partial charge in [-0.05, 0) is 18.2 Å². The van der Waals surface area contributed by atoms with E-state index in [-0.39, 0.29) is 6.04 Å². The Balaban J connectivity index is 2.01. The maximum absolute atomic E-state index is 5.62. The van der Waals surface area contributed by atoms with Crippen LogP contribution in [0.15, 0.2) is 48.2 Å². The number of para-hydroxylation sites is 1. The number of nitrogens with zero attached hydrogens (tertiary/aromatic N) is 1. The molecule has 4 nitrogen and oxygen atoms in total. The summed E-state index contributed by atoms with van der Waals surface area (Å²) >= 11 is 0. The van der Waals surface area contributed by atoms with Crippen molar-refractivity contribution in [1.82, 2.24) is 10.4 Å². The third kappa shape index (κ3) is 1.96. The van der Waals surface area contributed by atoms with Gasteiger partial charge in [-0.3, -0.25) is 10.8 Å². The monoisotopic (exact) mass is 241 g/mol. The molecule has 3 N–H and O–H groups in total. The summed E-state index contributed by atoms with van der Waals surface area (Å²) in [6.07, 6.45) is 2.99. The molecule has 1 unspecified atom stereocenters. The number of benzene rings is 1. The summed E-state index contributed by atoms with van der Waals surface area (Å²) in [5.41, 5.74) is 4.61. The van der Waals surface area contributed by atoms with Crippen LogP contribution in [-0.4, -0.2) is 11.6 Å². The van der Waals surface area contributed by atoms with Crippen LogP contribution in [0.4, 0.5) is 0 Å². The van der Waals surface area contributed by atoms with Gasteiger partial charge in [-0.25, -0.2) is 5.43 Å². The lowest BCUT2D eigenvalue weighted by Gasteiger charge is -2.17. The Bertz CT molecular complexity index is 594. The van der Waals surface area contributed by atoms with Crippen molar-refractivity contribution in [2.24, 2.45) is 5.84 Å². The lowest BCUT2D eigenvalue weighted by atomic mass is 10.1. The molecule has 0 radical (unpaired) electrons. The molecule has 3 rings (SSSR count). The number of rotatable bonds is 3. The SMILES string of the molecule is NNC(C1=CCCO1)c1ccc2ccccc2n1. The summed E-state index contributed by atoms with van der Waals surface area (Å²) in [5, 5.41) is 1.12. The topological polar surface area (TPSA) is 60.2 Å². The van der Waals surface area contributed by atoms with Gasteiger partial charge in [0, 0.05) is 11.8 Å². The fraction of sp³-hybridized carbons (Fsp3) is 0.214. The molecule has 1 aliphatic rings. The molecule has 2 aromatic rings. The number of hydrogen-bond acceptors (Lipinski definition) is 4. The predicted octanol–water partition coefficient (Wildman–Crippen LogP) is 2.04. The molecule has 0 saturated heterocycles. The maximum atomic E-state index is 5.62. The first kappa shape index (κ1) is 11.2. The Labute approximate surface area is 105 Å². The van der Waals surface area contributed by atoms with E-state index in [0.717, 1.165) is 35.4 Å². The number of hydrazine groups is 1. The van der Waals surface area contributed by atoms with Crippen molar-refractivity contribution >= 4 is 10.9 Å². The summed E-state index contributed by atoms with van der Waals surface area (Å²) < 4.78 is 5.55. The van der Waals surface area contributed by atoms with E-state index in [0.29, 0.717) is 0 Å². The summed E-state index contributed by atoms with van der Waals surface area (Å²) in [7, 11) is 0. The Morgan fingerprint density at radius 1 is 1.22 bits per heavy atom. The van der Waals surface area contributed by atoms with Crippen molar-refractivity contribution in [3.63, 3.8) is 0 Å². The Kier molecular flexibility index (Phi) is 2.96. The van der Waals surface area contributed by atoms with Crippen LogP contribution in [0.1, 0.15) is 18.2 Å². The largest absolute Gasteiger partial charge is 0.496 e. The van der Waals surface area contributed by atoms with Crippen LogP contribution in [0.3, 0.4) is 0 Å². The van der Waals surface area contributed by atoms with Crippen LogP contribution >= 0.6 is 0 Å². The number of hydrogen-bond donors (Lipinski definition) is 2. The molecule has 0 saturated carbocycles. The van der Waals surface area contributed by atoms with Crippen molar-refractivity contribution in [3.8, 4) is 0 Å². The highest BCUT2D eigenvalue weighted by atomic mass is 16.5. The Morgan fingerprint density at radius 3 is 2.89 bits per heavy atom. The van der Waals surface area contributed by atoms with Crippen LogP contribution in [0.2, 0.25) is 0 Å². The predicted molar refractivity (Wildman–Crippen MR) is 70.5 cm³/mol. The number of nitrogens with one attached hydrogen (secondary N) is 1. The Hall–Kier alpha value is -1.91. The van der Waals surface area contributed by atoms with E-state index in [4.69, 9.17) is 10.6 Å². The summed E-state index contributed by atoms with van der Waals surface area (Å²) in [6, 6.07) is 11.9. The second-order valence-electron chi connectivity index (χ2n) is 4.27. The van der Waals surface area contributed by atoms with Crippen molar-refractivity contribution < 1.29 is 4.74 Å². The number of aromatic nitrogens is 1. The lowest BCUT2D eigenvalue weighted by molar-refractivity contribution is 0.214. The second kappa shape index (κ2) is 4.76. The van der Waals surface area contributed by atoms with E-state index in [1.54, 1.807) is 0 Å². The highest BCUT2D eigenvalue weighted by Gasteiger charge is 2.20. The molecule has 0 aliphatic carbocycles. The third-order valence-corrected chi connectivity index (χ3v) is 3.10. The first-order valence-corrected chi connectivity index (χ1v) is 6.03. The maximum Gasteiger partial charge on any atom is 0.120 e. The highest BCUT2D eigenvalue weighted by Crippen LogP contribution is 2.25. The molecule has 0 amide bonds. The standard InChI is InChI=1S/C14H15N3O/c15-17-14(13-6-3-9-18-13)12-8-7-10-4-1-2-5-11(10)16-12/h1-2,4-8,14,17H,3,9,15H2. The summed E-state index contributed by atoms with van der Waals surface area (Å²) in [5.74, 6) is 6.48. The molecule has 2 heterocycles. The number of pyridine rings is 1. The molecular formula is C14H15N3O. The molecule has 92 valence electrons. The molecule has 1 aliphatic heterocycles. The van der Waals surface area contributed by atoms with Gasteiger partial charge in [-0.2, -0.15) is 0 Å². The highest BCUT2D eigenvalue weighted by molar-refractivity contribution is 5.78. The molecule has 0 spiro atoms. The van der Waals surface area contributed by atoms with Crippen LogP contribution in [-0.2, 0) is 4.74 Å². The zero-order valence-electron chi connectivity index (χ0n) is 9.97. The van der Waals surface area contributed by atoms with E-state index in [1.165, 1.54) is 0 Å². The molecule has 4 heteroatoms. The smallest absolute Gasteiger partial charge is 0.120 e. The zero-order chi connectivity index (χ0) is 12.4. The van der Waals surface area contributed by atoms with Crippen molar-refractivity contribution in [2.75, 3.05) is 6.61 Å². The molecule has 1 aromatic heterocycles. The fourth-order valence-electron chi connectivity index (χ4n) is 2.19. The Morgan fingerprint density at radius 2 is 2.11 bits per heavy atom. The average Bonchev–Trinajstić information content (AvgIpc) is 2.93. The molecule has 1 atom stereocenters. The minimum Gasteiger partial charge on any atom is -0.496 e. The van der Waals surface area contributed by atoms with E-state index < -0.39 is 0 Å². The van der Waals surface area contributed by atoms with E-state index >= 15 is 0 Å². The molecular weight excluding hydrogens is 226 g/mol. The zero-order valence-corrected chi connectivity index (χ0v) is 9.97.